The van der Waals surface area contributed by atoms with Crippen molar-refractivity contribution in [2.45, 2.75) is 52.3 Å². The predicted molar refractivity (Wildman–Crippen MR) is 120 cm³/mol. The van der Waals surface area contributed by atoms with E-state index in [9.17, 15) is 23.1 Å². The number of fused-ring (bicyclic) bond motifs is 2. The van der Waals surface area contributed by atoms with Crippen LogP contribution >= 0.6 is 0 Å². The Hall–Kier alpha value is -2.61. The molecule has 1 fully saturated rings. The number of aliphatic hydroxyl groups is 1. The lowest BCUT2D eigenvalue weighted by Crippen LogP contribution is -2.49. The van der Waals surface area contributed by atoms with Crippen LogP contribution in [0.1, 0.15) is 44.9 Å². The number of alkyl halides is 3. The van der Waals surface area contributed by atoms with E-state index in [1.54, 1.807) is 0 Å². The molecule has 178 valence electrons. The number of allylic oxidation sites excluding steroid dienone is 1. The van der Waals surface area contributed by atoms with Crippen LogP contribution in [0.4, 0.5) is 13.2 Å². The zero-order chi connectivity index (χ0) is 24.0. The molecule has 1 N–H and O–H groups in total. The van der Waals surface area contributed by atoms with E-state index in [4.69, 9.17) is 0 Å². The van der Waals surface area contributed by atoms with Gasteiger partial charge in [-0.25, -0.2) is 4.68 Å². The van der Waals surface area contributed by atoms with Gasteiger partial charge in [-0.1, -0.05) is 44.5 Å². The summed E-state index contributed by atoms with van der Waals surface area (Å²) in [5, 5.41) is 14.2. The molecule has 2 aliphatic carbocycles. The Morgan fingerprint density at radius 1 is 1.27 bits per heavy atom. The van der Waals surface area contributed by atoms with Gasteiger partial charge in [-0.3, -0.25) is 4.79 Å². The first-order chi connectivity index (χ1) is 15.5. The van der Waals surface area contributed by atoms with Gasteiger partial charge in [-0.05, 0) is 49.0 Å². The van der Waals surface area contributed by atoms with Crippen LogP contribution < -0.4 is 0 Å². The first kappa shape index (κ1) is 23.5. The normalized spacial score (nSPS) is 23.2. The van der Waals surface area contributed by atoms with Crippen molar-refractivity contribution in [1.82, 2.24) is 14.7 Å². The molecule has 1 aromatic heterocycles. The van der Waals surface area contributed by atoms with E-state index in [-0.39, 0.29) is 18.4 Å². The van der Waals surface area contributed by atoms with Crippen molar-refractivity contribution in [3.05, 3.63) is 53.4 Å². The Morgan fingerprint density at radius 3 is 2.61 bits per heavy atom. The van der Waals surface area contributed by atoms with Crippen LogP contribution in [0.15, 0.2) is 42.1 Å². The number of para-hydroxylation sites is 1. The first-order valence-electron chi connectivity index (χ1n) is 11.4. The van der Waals surface area contributed by atoms with Gasteiger partial charge in [0.05, 0.1) is 24.1 Å². The molecular formula is C25H30F3N3O2. The maximum Gasteiger partial charge on any atom is 0.416 e. The summed E-state index contributed by atoms with van der Waals surface area (Å²) in [6.07, 6.45) is -1.49. The fourth-order valence-corrected chi connectivity index (χ4v) is 5.24. The molecule has 0 radical (unpaired) electrons. The van der Waals surface area contributed by atoms with Gasteiger partial charge >= 0.3 is 6.18 Å². The number of aromatic nitrogens is 2. The summed E-state index contributed by atoms with van der Waals surface area (Å²) in [4.78, 5) is 14.8. The van der Waals surface area contributed by atoms with Crippen LogP contribution in [-0.4, -0.2) is 51.1 Å². The molecular weight excluding hydrogens is 431 g/mol. The number of rotatable bonds is 6. The van der Waals surface area contributed by atoms with Crippen molar-refractivity contribution in [3.63, 3.8) is 0 Å². The summed E-state index contributed by atoms with van der Waals surface area (Å²) >= 11 is 0. The number of aliphatic hydroxyl groups excluding tert-OH is 1. The second-order valence-corrected chi connectivity index (χ2v) is 9.85. The number of carbonyl (C=O) groups excluding carboxylic acids is 1. The predicted octanol–water partition coefficient (Wildman–Crippen LogP) is 4.64. The van der Waals surface area contributed by atoms with E-state index in [1.807, 2.05) is 62.0 Å². The van der Waals surface area contributed by atoms with E-state index >= 15 is 0 Å². The van der Waals surface area contributed by atoms with Crippen LogP contribution in [0.5, 0.6) is 0 Å². The zero-order valence-electron chi connectivity index (χ0n) is 19.1. The van der Waals surface area contributed by atoms with Gasteiger partial charge < -0.3 is 10.0 Å². The Kier molecular flexibility index (Phi) is 6.16. The third kappa shape index (κ3) is 4.45. The highest BCUT2D eigenvalue weighted by molar-refractivity contribution is 5.82. The SMILES string of the molecule is CC(C)CN(CC(O)C(F)(F)F)C(=O)[C@H]1CCC2=Cc3c(cnn3-c3ccccc3)C[C@@]21C. The van der Waals surface area contributed by atoms with Crippen molar-refractivity contribution in [2.75, 3.05) is 13.1 Å². The van der Waals surface area contributed by atoms with Gasteiger partial charge in [0.25, 0.3) is 0 Å². The summed E-state index contributed by atoms with van der Waals surface area (Å²) < 4.78 is 41.0. The Labute approximate surface area is 191 Å². The molecule has 2 aliphatic rings. The molecule has 33 heavy (non-hydrogen) atoms. The lowest BCUT2D eigenvalue weighted by atomic mass is 9.69. The number of halogens is 3. The Balaban J connectivity index is 1.61. The summed E-state index contributed by atoms with van der Waals surface area (Å²) in [5.74, 6) is -0.756. The van der Waals surface area contributed by atoms with Crippen LogP contribution in [0.3, 0.4) is 0 Å². The number of nitrogens with zero attached hydrogens (tertiary/aromatic N) is 3. The third-order valence-corrected chi connectivity index (χ3v) is 6.93. The van der Waals surface area contributed by atoms with E-state index in [1.165, 1.54) is 4.90 Å². The minimum absolute atomic E-state index is 0.0133. The van der Waals surface area contributed by atoms with Gasteiger partial charge in [-0.15, -0.1) is 0 Å². The molecule has 1 unspecified atom stereocenters. The van der Waals surface area contributed by atoms with E-state index in [0.29, 0.717) is 19.3 Å². The van der Waals surface area contributed by atoms with Gasteiger partial charge in [-0.2, -0.15) is 18.3 Å². The summed E-state index contributed by atoms with van der Waals surface area (Å²) in [5.41, 5.74) is 3.62. The van der Waals surface area contributed by atoms with E-state index in [2.05, 4.69) is 11.2 Å². The van der Waals surface area contributed by atoms with Crippen molar-refractivity contribution in [1.29, 1.82) is 0 Å². The average Bonchev–Trinajstić information content (AvgIpc) is 3.30. The highest BCUT2D eigenvalue weighted by Crippen LogP contribution is 2.53. The van der Waals surface area contributed by atoms with Crippen LogP contribution in [0.2, 0.25) is 0 Å². The monoisotopic (exact) mass is 461 g/mol. The molecule has 1 amide bonds. The molecule has 5 nitrogen and oxygen atoms in total. The summed E-state index contributed by atoms with van der Waals surface area (Å²) in [6.45, 7) is 5.18. The molecule has 1 aromatic carbocycles. The lowest BCUT2D eigenvalue weighted by molar-refractivity contribution is -0.209. The van der Waals surface area contributed by atoms with Gasteiger partial charge in [0, 0.05) is 17.9 Å². The third-order valence-electron chi connectivity index (χ3n) is 6.93. The Bertz CT molecular complexity index is 1040. The van der Waals surface area contributed by atoms with Crippen LogP contribution in [0, 0.1) is 17.3 Å². The number of hydrogen-bond donors (Lipinski definition) is 1. The molecule has 2 aromatic rings. The smallest absolute Gasteiger partial charge is 0.382 e. The minimum atomic E-state index is -4.76. The second-order valence-electron chi connectivity index (χ2n) is 9.85. The van der Waals surface area contributed by atoms with Gasteiger partial charge in [0.2, 0.25) is 5.91 Å². The van der Waals surface area contributed by atoms with Gasteiger partial charge in [0.15, 0.2) is 6.10 Å². The maximum atomic E-state index is 13.5. The summed E-state index contributed by atoms with van der Waals surface area (Å²) in [7, 11) is 0. The molecule has 0 spiro atoms. The number of carbonyl (C=O) groups is 1. The highest BCUT2D eigenvalue weighted by Gasteiger charge is 2.50. The minimum Gasteiger partial charge on any atom is -0.382 e. The molecule has 1 heterocycles. The maximum absolute atomic E-state index is 13.5. The van der Waals surface area contributed by atoms with Crippen molar-refractivity contribution < 1.29 is 23.1 Å². The quantitative estimate of drug-likeness (QED) is 0.682. The lowest BCUT2D eigenvalue weighted by Gasteiger charge is -2.38. The van der Waals surface area contributed by atoms with Crippen LogP contribution in [-0.2, 0) is 11.2 Å². The van der Waals surface area contributed by atoms with Crippen LogP contribution in [0.25, 0.3) is 11.8 Å². The van der Waals surface area contributed by atoms with Crippen molar-refractivity contribution in [3.8, 4) is 5.69 Å². The largest absolute Gasteiger partial charge is 0.416 e. The van der Waals surface area contributed by atoms with E-state index in [0.717, 1.165) is 22.5 Å². The standard InChI is InChI=1S/C25H30F3N3O2/c1-16(2)14-30(15-22(32)25(26,27)28)23(33)20-10-9-18-11-21-17(12-24(18,20)3)13-29-31(21)19-7-5-4-6-8-19/h4-8,11,13,16,20,22,32H,9-10,12,14-15H2,1-3H3/t20-,22?,24+/m1/s1. The second kappa shape index (κ2) is 8.63. The molecule has 0 bridgehead atoms. The number of hydrogen-bond acceptors (Lipinski definition) is 3. The Morgan fingerprint density at radius 2 is 1.97 bits per heavy atom. The zero-order valence-corrected chi connectivity index (χ0v) is 19.1. The van der Waals surface area contributed by atoms with Gasteiger partial charge in [0.1, 0.15) is 0 Å². The molecule has 0 aliphatic heterocycles. The molecule has 4 rings (SSSR count). The highest BCUT2D eigenvalue weighted by atomic mass is 19.4. The molecule has 0 saturated heterocycles. The van der Waals surface area contributed by atoms with Crippen molar-refractivity contribution >= 4 is 12.0 Å². The molecule has 1 saturated carbocycles. The number of amides is 1. The fourth-order valence-electron chi connectivity index (χ4n) is 5.24. The number of benzene rings is 1. The molecule has 8 heteroatoms. The summed E-state index contributed by atoms with van der Waals surface area (Å²) in [6, 6.07) is 9.81. The van der Waals surface area contributed by atoms with Crippen molar-refractivity contribution in [2.24, 2.45) is 17.3 Å². The first-order valence-corrected chi connectivity index (χ1v) is 11.4. The van der Waals surface area contributed by atoms with E-state index < -0.39 is 30.2 Å². The molecule has 3 atom stereocenters. The topological polar surface area (TPSA) is 58.4 Å². The fraction of sp³-hybridized carbons (Fsp3) is 0.520. The average molecular weight is 462 g/mol.